The summed E-state index contributed by atoms with van der Waals surface area (Å²) in [5, 5.41) is 10.00. The van der Waals surface area contributed by atoms with Crippen molar-refractivity contribution in [2.24, 2.45) is 0 Å². The zero-order valence-electron chi connectivity index (χ0n) is 12.2. The maximum Gasteiger partial charge on any atom is 0.125 e. The molecule has 2 aromatic carbocycles. The molecule has 0 amide bonds. The van der Waals surface area contributed by atoms with Crippen molar-refractivity contribution in [1.29, 1.82) is 0 Å². The number of aliphatic hydroxyl groups excluding tert-OH is 1. The van der Waals surface area contributed by atoms with E-state index in [1.165, 1.54) is 5.56 Å². The van der Waals surface area contributed by atoms with E-state index in [2.05, 4.69) is 31.2 Å². The van der Waals surface area contributed by atoms with E-state index in [1.54, 1.807) is 0 Å². The predicted molar refractivity (Wildman–Crippen MR) is 81.8 cm³/mol. The summed E-state index contributed by atoms with van der Waals surface area (Å²) >= 11 is 0. The molecule has 0 spiro atoms. The van der Waals surface area contributed by atoms with E-state index < -0.39 is 6.10 Å². The van der Waals surface area contributed by atoms with Gasteiger partial charge >= 0.3 is 0 Å². The molecule has 0 aliphatic carbocycles. The molecular formula is C18H22O2. The van der Waals surface area contributed by atoms with E-state index in [0.717, 1.165) is 23.3 Å². The van der Waals surface area contributed by atoms with Gasteiger partial charge in [0.25, 0.3) is 0 Å². The fraction of sp³-hybridized carbons (Fsp3) is 0.333. The Kier molecular flexibility index (Phi) is 5.19. The maximum absolute atomic E-state index is 10.00. The van der Waals surface area contributed by atoms with Crippen LogP contribution in [0.2, 0.25) is 0 Å². The molecule has 20 heavy (non-hydrogen) atoms. The number of hydrogen-bond acceptors (Lipinski definition) is 2. The van der Waals surface area contributed by atoms with Crippen LogP contribution in [0.1, 0.15) is 43.1 Å². The lowest BCUT2D eigenvalue weighted by Crippen LogP contribution is -2.02. The molecule has 0 aromatic heterocycles. The Hall–Kier alpha value is -1.80. The van der Waals surface area contributed by atoms with Crippen molar-refractivity contribution < 1.29 is 9.84 Å². The van der Waals surface area contributed by atoms with Gasteiger partial charge in [0.15, 0.2) is 0 Å². The fourth-order valence-electron chi connectivity index (χ4n) is 2.14. The second kappa shape index (κ2) is 7.11. The van der Waals surface area contributed by atoms with Gasteiger partial charge in [-0.15, -0.1) is 0 Å². The third-order valence-electron chi connectivity index (χ3n) is 3.49. The SMILES string of the molecule is CCc1ccc(COc2ccccc2[C@H](O)CC)cc1. The van der Waals surface area contributed by atoms with E-state index in [-0.39, 0.29) is 0 Å². The van der Waals surface area contributed by atoms with Crippen LogP contribution in [0, 0.1) is 0 Å². The van der Waals surface area contributed by atoms with Crippen LogP contribution in [0.25, 0.3) is 0 Å². The van der Waals surface area contributed by atoms with Gasteiger partial charge in [0.05, 0.1) is 6.10 Å². The average molecular weight is 270 g/mol. The van der Waals surface area contributed by atoms with E-state index in [9.17, 15) is 5.11 Å². The van der Waals surface area contributed by atoms with Crippen molar-refractivity contribution in [3.63, 3.8) is 0 Å². The summed E-state index contributed by atoms with van der Waals surface area (Å²) in [5.74, 6) is 0.765. The second-order valence-electron chi connectivity index (χ2n) is 4.92. The van der Waals surface area contributed by atoms with E-state index >= 15 is 0 Å². The Bertz CT molecular complexity index is 531. The summed E-state index contributed by atoms with van der Waals surface area (Å²) in [4.78, 5) is 0. The van der Waals surface area contributed by atoms with Crippen molar-refractivity contribution in [2.45, 2.75) is 39.4 Å². The predicted octanol–water partition coefficient (Wildman–Crippen LogP) is 4.27. The minimum Gasteiger partial charge on any atom is -0.489 e. The standard InChI is InChI=1S/C18H22O2/c1-3-14-9-11-15(12-10-14)13-20-18-8-6-5-7-16(18)17(19)4-2/h5-12,17,19H,3-4,13H2,1-2H3/t17-/m1/s1. The molecule has 0 unspecified atom stereocenters. The van der Waals surface area contributed by atoms with Gasteiger partial charge in [0, 0.05) is 5.56 Å². The Morgan fingerprint density at radius 3 is 2.25 bits per heavy atom. The first-order valence-corrected chi connectivity index (χ1v) is 7.22. The van der Waals surface area contributed by atoms with Crippen molar-refractivity contribution in [2.75, 3.05) is 0 Å². The lowest BCUT2D eigenvalue weighted by Gasteiger charge is -2.15. The van der Waals surface area contributed by atoms with E-state index in [0.29, 0.717) is 13.0 Å². The van der Waals surface area contributed by atoms with Crippen molar-refractivity contribution in [1.82, 2.24) is 0 Å². The van der Waals surface area contributed by atoms with Gasteiger partial charge in [-0.1, -0.05) is 56.3 Å². The van der Waals surface area contributed by atoms with Crippen LogP contribution in [-0.4, -0.2) is 5.11 Å². The highest BCUT2D eigenvalue weighted by Gasteiger charge is 2.10. The molecule has 2 rings (SSSR count). The lowest BCUT2D eigenvalue weighted by molar-refractivity contribution is 0.166. The summed E-state index contributed by atoms with van der Waals surface area (Å²) in [5.41, 5.74) is 3.33. The van der Waals surface area contributed by atoms with Crippen LogP contribution in [-0.2, 0) is 13.0 Å². The first kappa shape index (κ1) is 14.6. The zero-order chi connectivity index (χ0) is 14.4. The van der Waals surface area contributed by atoms with Crippen molar-refractivity contribution in [3.8, 4) is 5.75 Å². The molecule has 1 atom stereocenters. The summed E-state index contributed by atoms with van der Waals surface area (Å²) in [6, 6.07) is 16.1. The molecule has 0 saturated carbocycles. The Labute approximate surface area is 121 Å². The fourth-order valence-corrected chi connectivity index (χ4v) is 2.14. The summed E-state index contributed by atoms with van der Waals surface area (Å²) in [6.45, 7) is 4.64. The second-order valence-corrected chi connectivity index (χ2v) is 4.92. The molecule has 0 saturated heterocycles. The highest BCUT2D eigenvalue weighted by Crippen LogP contribution is 2.27. The minimum atomic E-state index is -0.464. The molecule has 1 N–H and O–H groups in total. The Morgan fingerprint density at radius 1 is 0.950 bits per heavy atom. The van der Waals surface area contributed by atoms with Gasteiger partial charge in [0.1, 0.15) is 12.4 Å². The number of rotatable bonds is 6. The maximum atomic E-state index is 10.00. The molecule has 0 fully saturated rings. The number of hydrogen-bond donors (Lipinski definition) is 1. The van der Waals surface area contributed by atoms with E-state index in [1.807, 2.05) is 31.2 Å². The van der Waals surface area contributed by atoms with Gasteiger partial charge in [-0.2, -0.15) is 0 Å². The van der Waals surface area contributed by atoms with Gasteiger partial charge in [-0.25, -0.2) is 0 Å². The topological polar surface area (TPSA) is 29.5 Å². The number of para-hydroxylation sites is 1. The van der Waals surface area contributed by atoms with Crippen LogP contribution < -0.4 is 4.74 Å². The van der Waals surface area contributed by atoms with Crippen LogP contribution in [0.3, 0.4) is 0 Å². The van der Waals surface area contributed by atoms with Gasteiger partial charge in [-0.3, -0.25) is 0 Å². The van der Waals surface area contributed by atoms with Crippen molar-refractivity contribution in [3.05, 3.63) is 65.2 Å². The molecule has 2 heteroatoms. The van der Waals surface area contributed by atoms with Crippen LogP contribution in [0.15, 0.2) is 48.5 Å². The first-order chi connectivity index (χ1) is 9.74. The summed E-state index contributed by atoms with van der Waals surface area (Å²) < 4.78 is 5.86. The number of aliphatic hydroxyl groups is 1. The lowest BCUT2D eigenvalue weighted by atomic mass is 10.1. The Balaban J connectivity index is 2.06. The molecule has 2 nitrogen and oxygen atoms in total. The van der Waals surface area contributed by atoms with Crippen LogP contribution in [0.5, 0.6) is 5.75 Å². The van der Waals surface area contributed by atoms with Gasteiger partial charge in [-0.05, 0) is 30.0 Å². The normalized spacial score (nSPS) is 12.2. The molecular weight excluding hydrogens is 248 g/mol. The third-order valence-corrected chi connectivity index (χ3v) is 3.49. The Morgan fingerprint density at radius 2 is 1.60 bits per heavy atom. The molecule has 0 radical (unpaired) electrons. The van der Waals surface area contributed by atoms with Gasteiger partial charge in [0.2, 0.25) is 0 Å². The monoisotopic (exact) mass is 270 g/mol. The minimum absolute atomic E-state index is 0.464. The molecule has 2 aromatic rings. The molecule has 0 aliphatic rings. The highest BCUT2D eigenvalue weighted by molar-refractivity contribution is 5.35. The zero-order valence-corrected chi connectivity index (χ0v) is 12.2. The molecule has 0 bridgehead atoms. The highest BCUT2D eigenvalue weighted by atomic mass is 16.5. The van der Waals surface area contributed by atoms with Gasteiger partial charge < -0.3 is 9.84 Å². The molecule has 106 valence electrons. The number of ether oxygens (including phenoxy) is 1. The van der Waals surface area contributed by atoms with E-state index in [4.69, 9.17) is 4.74 Å². The largest absolute Gasteiger partial charge is 0.489 e. The summed E-state index contributed by atoms with van der Waals surface area (Å²) in [6.07, 6.45) is 1.27. The van der Waals surface area contributed by atoms with Crippen molar-refractivity contribution >= 4 is 0 Å². The quantitative estimate of drug-likeness (QED) is 0.849. The van der Waals surface area contributed by atoms with Crippen LogP contribution in [0.4, 0.5) is 0 Å². The third kappa shape index (κ3) is 3.61. The smallest absolute Gasteiger partial charge is 0.125 e. The summed E-state index contributed by atoms with van der Waals surface area (Å²) in [7, 11) is 0. The molecule has 0 heterocycles. The number of benzene rings is 2. The van der Waals surface area contributed by atoms with Crippen LogP contribution >= 0.6 is 0 Å². The molecule has 0 aliphatic heterocycles. The number of aryl methyl sites for hydroxylation is 1. The first-order valence-electron chi connectivity index (χ1n) is 7.22. The average Bonchev–Trinajstić information content (AvgIpc) is 2.53.